The highest BCUT2D eigenvalue weighted by Crippen LogP contribution is 2.47. The Morgan fingerprint density at radius 1 is 0.493 bits per heavy atom. The van der Waals surface area contributed by atoms with Crippen LogP contribution in [-0.2, 0) is 13.1 Å². The smallest absolute Gasteiger partial charge is 0.113 e. The summed E-state index contributed by atoms with van der Waals surface area (Å²) < 4.78 is 20.8. The molecule has 0 radical (unpaired) electrons. The average Bonchev–Trinajstić information content (AvgIpc) is 4.20. The summed E-state index contributed by atoms with van der Waals surface area (Å²) in [5.74, 6) is 0.686. The van der Waals surface area contributed by atoms with Gasteiger partial charge in [-0.2, -0.15) is 8.75 Å². The molecule has 3 aromatic carbocycles. The van der Waals surface area contributed by atoms with Crippen LogP contribution in [0.4, 0.5) is 0 Å². The first-order chi connectivity index (χ1) is 32.9. The van der Waals surface area contributed by atoms with Gasteiger partial charge in [-0.3, -0.25) is 0 Å². The van der Waals surface area contributed by atoms with Gasteiger partial charge in [-0.05, 0) is 87.4 Å². The molecule has 67 heavy (non-hydrogen) atoms. The van der Waals surface area contributed by atoms with Crippen molar-refractivity contribution in [3.8, 4) is 10.4 Å². The van der Waals surface area contributed by atoms with Crippen LogP contribution in [0.3, 0.4) is 0 Å². The van der Waals surface area contributed by atoms with E-state index in [2.05, 4.69) is 111 Å². The standard InChI is InChI=1S/C59H79N5S3/c1-8-13-17-20-22-24-28-43(29-25-23-21-18-14-9-2)64-51-36-47-49(62(32-26-19-15-10-3)54-38-55(66-59(47)54)44-31-30-40(6)56-57(44)61-67-60-56)34-45(51)46-35-50-48(37-52(46)64)58-53(33-41(7)65-58)63(50)39-42(12-5)27-16-11-4/h30-31,33-38,42-43H,8-29,32,39H2,1-7H3. The number of thiophene rings is 2. The fraction of sp³-hybridized carbons (Fsp3) is 0.559. The van der Waals surface area contributed by atoms with Crippen LogP contribution in [0.25, 0.3) is 85.5 Å². The maximum absolute atomic E-state index is 4.86. The van der Waals surface area contributed by atoms with Crippen LogP contribution < -0.4 is 0 Å². The van der Waals surface area contributed by atoms with E-state index in [4.69, 9.17) is 8.75 Å². The topological polar surface area (TPSA) is 40.6 Å². The van der Waals surface area contributed by atoms with Gasteiger partial charge < -0.3 is 13.7 Å². The van der Waals surface area contributed by atoms with Crippen molar-refractivity contribution in [2.75, 3.05) is 0 Å². The van der Waals surface area contributed by atoms with E-state index in [1.807, 2.05) is 22.7 Å². The van der Waals surface area contributed by atoms with Gasteiger partial charge in [0.15, 0.2) is 0 Å². The van der Waals surface area contributed by atoms with Crippen molar-refractivity contribution in [1.29, 1.82) is 0 Å². The Morgan fingerprint density at radius 2 is 1.04 bits per heavy atom. The second kappa shape index (κ2) is 22.4. The summed E-state index contributed by atoms with van der Waals surface area (Å²) in [6, 6.07) is 20.6. The number of unbranched alkanes of at least 4 members (excludes halogenated alkanes) is 14. The van der Waals surface area contributed by atoms with Crippen LogP contribution in [0.5, 0.6) is 0 Å². The van der Waals surface area contributed by atoms with Crippen LogP contribution in [-0.4, -0.2) is 22.4 Å². The Balaban J connectivity index is 1.27. The first kappa shape index (κ1) is 48.3. The van der Waals surface area contributed by atoms with Gasteiger partial charge in [0.05, 0.1) is 54.2 Å². The molecule has 1 unspecified atom stereocenters. The Labute approximate surface area is 413 Å². The first-order valence-corrected chi connectivity index (χ1v) is 29.4. The van der Waals surface area contributed by atoms with E-state index in [0.717, 1.165) is 24.1 Å². The predicted octanol–water partition coefficient (Wildman–Crippen LogP) is 20.3. The molecular weight excluding hydrogens is 875 g/mol. The van der Waals surface area contributed by atoms with E-state index >= 15 is 0 Å². The van der Waals surface area contributed by atoms with Crippen LogP contribution in [0.2, 0.25) is 0 Å². The molecule has 5 nitrogen and oxygen atoms in total. The van der Waals surface area contributed by atoms with Gasteiger partial charge in [0, 0.05) is 56.0 Å². The molecule has 0 fully saturated rings. The van der Waals surface area contributed by atoms with Crippen molar-refractivity contribution in [1.82, 2.24) is 22.4 Å². The normalized spacial score (nSPS) is 13.0. The molecule has 8 heteroatoms. The molecule has 0 aliphatic rings. The fourth-order valence-electron chi connectivity index (χ4n) is 11.6. The molecule has 9 aromatic rings. The van der Waals surface area contributed by atoms with E-state index in [-0.39, 0.29) is 0 Å². The number of hydrogen-bond donors (Lipinski definition) is 0. The fourth-order valence-corrected chi connectivity index (χ4v) is 14.5. The van der Waals surface area contributed by atoms with Gasteiger partial charge in [-0.25, -0.2) is 0 Å². The molecule has 9 rings (SSSR count). The minimum Gasteiger partial charge on any atom is -0.340 e. The molecule has 0 bridgehead atoms. The molecule has 6 aromatic heterocycles. The zero-order chi connectivity index (χ0) is 46.4. The van der Waals surface area contributed by atoms with Crippen molar-refractivity contribution in [2.24, 2.45) is 5.92 Å². The number of rotatable bonds is 27. The Kier molecular flexibility index (Phi) is 16.1. The van der Waals surface area contributed by atoms with Crippen LogP contribution in [0.1, 0.15) is 192 Å². The van der Waals surface area contributed by atoms with E-state index < -0.39 is 0 Å². The maximum atomic E-state index is 4.86. The third-order valence-corrected chi connectivity index (χ3v) is 18.3. The summed E-state index contributed by atoms with van der Waals surface area (Å²) in [7, 11) is 0. The zero-order valence-electron chi connectivity index (χ0n) is 42.2. The molecule has 0 amide bonds. The molecule has 0 aliphatic heterocycles. The number of fused-ring (bicyclic) bond motifs is 10. The summed E-state index contributed by atoms with van der Waals surface area (Å²) in [5.41, 5.74) is 13.1. The summed E-state index contributed by atoms with van der Waals surface area (Å²) in [5, 5.41) is 5.78. The molecule has 6 heterocycles. The highest BCUT2D eigenvalue weighted by atomic mass is 32.1. The van der Waals surface area contributed by atoms with Gasteiger partial charge in [-0.1, -0.05) is 162 Å². The second-order valence-corrected chi connectivity index (χ2v) is 23.3. The number of aryl methyl sites for hydroxylation is 3. The molecule has 1 atom stereocenters. The van der Waals surface area contributed by atoms with Crippen molar-refractivity contribution in [3.05, 3.63) is 59.0 Å². The van der Waals surface area contributed by atoms with Gasteiger partial charge in [-0.15, -0.1) is 22.7 Å². The predicted molar refractivity (Wildman–Crippen MR) is 300 cm³/mol. The summed E-state index contributed by atoms with van der Waals surface area (Å²) >= 11 is 5.32. The van der Waals surface area contributed by atoms with E-state index in [0.29, 0.717) is 12.0 Å². The Hall–Kier alpha value is -3.72. The maximum Gasteiger partial charge on any atom is 0.113 e. The molecule has 358 valence electrons. The molecule has 0 N–H and O–H groups in total. The van der Waals surface area contributed by atoms with Gasteiger partial charge in [0.1, 0.15) is 11.0 Å². The molecule has 0 saturated carbocycles. The Bertz CT molecular complexity index is 3040. The number of nitrogens with zero attached hydrogens (tertiary/aromatic N) is 5. The highest BCUT2D eigenvalue weighted by molar-refractivity contribution is 7.23. The summed E-state index contributed by atoms with van der Waals surface area (Å²) in [6.45, 7) is 18.4. The second-order valence-electron chi connectivity index (χ2n) is 20.4. The lowest BCUT2D eigenvalue weighted by molar-refractivity contribution is 0.401. The lowest BCUT2D eigenvalue weighted by Crippen LogP contribution is -2.10. The lowest BCUT2D eigenvalue weighted by atomic mass is 9.99. The molecule has 0 saturated heterocycles. The first-order valence-electron chi connectivity index (χ1n) is 27.1. The number of benzene rings is 3. The third kappa shape index (κ3) is 9.89. The SMILES string of the molecule is CCCCCCCCC(CCCCCCCC)n1c2cc3c4sc(C)cc4n(CC(CC)CCCC)c3cc2c2cc3c(cc21)c1sc(-c2ccc(C)c4nsnc24)cc1n3CCCCCC. The van der Waals surface area contributed by atoms with Crippen molar-refractivity contribution in [2.45, 2.75) is 209 Å². The quantitative estimate of drug-likeness (QED) is 0.0482. The van der Waals surface area contributed by atoms with E-state index in [1.165, 1.54) is 238 Å². The van der Waals surface area contributed by atoms with Gasteiger partial charge in [0.25, 0.3) is 0 Å². The van der Waals surface area contributed by atoms with E-state index in [1.54, 1.807) is 0 Å². The minimum absolute atomic E-state index is 0.469. The van der Waals surface area contributed by atoms with Gasteiger partial charge >= 0.3 is 0 Å². The monoisotopic (exact) mass is 954 g/mol. The molecular formula is C59H79N5S3. The van der Waals surface area contributed by atoms with E-state index in [9.17, 15) is 0 Å². The lowest BCUT2D eigenvalue weighted by Gasteiger charge is -2.22. The largest absolute Gasteiger partial charge is 0.340 e. The van der Waals surface area contributed by atoms with Gasteiger partial charge in [0.2, 0.25) is 0 Å². The zero-order valence-corrected chi connectivity index (χ0v) is 44.7. The highest BCUT2D eigenvalue weighted by Gasteiger charge is 2.26. The molecule has 0 aliphatic carbocycles. The third-order valence-electron chi connectivity index (χ3n) is 15.5. The minimum atomic E-state index is 0.469. The van der Waals surface area contributed by atoms with Crippen molar-refractivity contribution >= 4 is 109 Å². The molecule has 0 spiro atoms. The van der Waals surface area contributed by atoms with Crippen LogP contribution >= 0.6 is 34.4 Å². The Morgan fingerprint density at radius 3 is 1.69 bits per heavy atom. The summed E-state index contributed by atoms with van der Waals surface area (Å²) in [4.78, 5) is 2.73. The van der Waals surface area contributed by atoms with Crippen LogP contribution in [0.15, 0.2) is 48.5 Å². The number of aromatic nitrogens is 5. The summed E-state index contributed by atoms with van der Waals surface area (Å²) in [6.07, 6.45) is 28.7. The van der Waals surface area contributed by atoms with Crippen LogP contribution in [0, 0.1) is 19.8 Å². The van der Waals surface area contributed by atoms with Crippen molar-refractivity contribution < 1.29 is 0 Å². The van der Waals surface area contributed by atoms with Crippen molar-refractivity contribution in [3.63, 3.8) is 0 Å². The number of hydrogen-bond acceptors (Lipinski definition) is 5. The average molecular weight is 955 g/mol.